The summed E-state index contributed by atoms with van der Waals surface area (Å²) < 4.78 is 14.1. The minimum Gasteiger partial charge on any atom is -0.490 e. The van der Waals surface area contributed by atoms with Crippen molar-refractivity contribution in [2.75, 3.05) is 14.2 Å². The lowest BCUT2D eigenvalue weighted by molar-refractivity contribution is -0.385. The van der Waals surface area contributed by atoms with Gasteiger partial charge in [0.15, 0.2) is 0 Å². The summed E-state index contributed by atoms with van der Waals surface area (Å²) in [6.07, 6.45) is -0.899. The lowest BCUT2D eigenvalue weighted by Gasteiger charge is -2.10. The second-order valence-corrected chi connectivity index (χ2v) is 3.05. The van der Waals surface area contributed by atoms with Crippen molar-refractivity contribution in [3.63, 3.8) is 0 Å². The second-order valence-electron chi connectivity index (χ2n) is 3.05. The third-order valence-electron chi connectivity index (χ3n) is 2.10. The molecule has 1 aromatic rings. The highest BCUT2D eigenvalue weighted by Gasteiger charge is 2.21. The minimum absolute atomic E-state index is 0.0522. The van der Waals surface area contributed by atoms with Crippen LogP contribution in [0.3, 0.4) is 0 Å². The maximum atomic E-state index is 10.9. The summed E-state index contributed by atoms with van der Waals surface area (Å²) in [5, 5.41) is 10.7. The van der Waals surface area contributed by atoms with E-state index >= 15 is 0 Å². The highest BCUT2D eigenvalue weighted by molar-refractivity contribution is 5.66. The van der Waals surface area contributed by atoms with Crippen molar-refractivity contribution >= 4 is 11.8 Å². The highest BCUT2D eigenvalue weighted by atomic mass is 16.7. The van der Waals surface area contributed by atoms with Gasteiger partial charge in [-0.2, -0.15) is 0 Å². The van der Waals surface area contributed by atoms with Crippen LogP contribution in [0.4, 0.5) is 10.5 Å². The molecule has 0 spiro atoms. The lowest BCUT2D eigenvalue weighted by atomic mass is 10.1. The molecule has 0 unspecified atom stereocenters. The maximum Gasteiger partial charge on any atom is 0.513 e. The summed E-state index contributed by atoms with van der Waals surface area (Å²) in [4.78, 5) is 21.1. The summed E-state index contributed by atoms with van der Waals surface area (Å²) in [6.45, 7) is 1.55. The summed E-state index contributed by atoms with van der Waals surface area (Å²) in [5.74, 6) is 0.204. The van der Waals surface area contributed by atoms with E-state index in [2.05, 4.69) is 4.74 Å². The predicted octanol–water partition coefficient (Wildman–Crippen LogP) is 2.06. The Morgan fingerprint density at radius 2 is 2.00 bits per heavy atom. The molecule has 0 radical (unpaired) electrons. The monoisotopic (exact) mass is 241 g/mol. The van der Waals surface area contributed by atoms with E-state index in [-0.39, 0.29) is 17.2 Å². The molecule has 0 aromatic heterocycles. The van der Waals surface area contributed by atoms with Crippen LogP contribution in [0, 0.1) is 17.0 Å². The SMILES string of the molecule is COC(=O)Oc1ccc([N+](=O)[O-])c(OC)c1C. The lowest BCUT2D eigenvalue weighted by Crippen LogP contribution is -2.09. The molecule has 0 N–H and O–H groups in total. The average molecular weight is 241 g/mol. The van der Waals surface area contributed by atoms with E-state index in [9.17, 15) is 14.9 Å². The summed E-state index contributed by atoms with van der Waals surface area (Å²) in [6, 6.07) is 2.51. The Kier molecular flexibility index (Phi) is 3.86. The Bertz CT molecular complexity index is 456. The molecular weight excluding hydrogens is 230 g/mol. The molecule has 0 aliphatic carbocycles. The first-order chi connectivity index (χ1) is 8.01. The number of nitro benzene ring substituents is 1. The van der Waals surface area contributed by atoms with E-state index < -0.39 is 11.1 Å². The van der Waals surface area contributed by atoms with Crippen molar-refractivity contribution in [1.82, 2.24) is 0 Å². The topological polar surface area (TPSA) is 87.9 Å². The number of carbonyl (C=O) groups is 1. The van der Waals surface area contributed by atoms with Crippen LogP contribution in [0.1, 0.15) is 5.56 Å². The van der Waals surface area contributed by atoms with Gasteiger partial charge in [-0.1, -0.05) is 0 Å². The number of hydrogen-bond acceptors (Lipinski definition) is 6. The molecule has 7 nitrogen and oxygen atoms in total. The molecule has 0 fully saturated rings. The molecule has 0 amide bonds. The van der Waals surface area contributed by atoms with Crippen LogP contribution in [-0.2, 0) is 4.74 Å². The van der Waals surface area contributed by atoms with Crippen molar-refractivity contribution < 1.29 is 23.9 Å². The van der Waals surface area contributed by atoms with Crippen LogP contribution in [0.2, 0.25) is 0 Å². The van der Waals surface area contributed by atoms with Crippen molar-refractivity contribution in [3.05, 3.63) is 27.8 Å². The maximum absolute atomic E-state index is 10.9. The van der Waals surface area contributed by atoms with E-state index in [4.69, 9.17) is 9.47 Å². The zero-order valence-electron chi connectivity index (χ0n) is 9.55. The fourth-order valence-electron chi connectivity index (χ4n) is 1.30. The molecule has 0 aliphatic heterocycles. The molecule has 0 atom stereocenters. The van der Waals surface area contributed by atoms with Gasteiger partial charge in [-0.25, -0.2) is 4.79 Å². The van der Waals surface area contributed by atoms with Gasteiger partial charge in [0, 0.05) is 11.6 Å². The van der Waals surface area contributed by atoms with Gasteiger partial charge in [-0.3, -0.25) is 10.1 Å². The molecule has 0 saturated heterocycles. The first-order valence-electron chi connectivity index (χ1n) is 4.59. The Hall–Kier alpha value is -2.31. The fraction of sp³-hybridized carbons (Fsp3) is 0.300. The molecule has 92 valence electrons. The number of benzene rings is 1. The van der Waals surface area contributed by atoms with Gasteiger partial charge in [0.05, 0.1) is 19.1 Å². The van der Waals surface area contributed by atoms with Crippen LogP contribution in [0.25, 0.3) is 0 Å². The van der Waals surface area contributed by atoms with E-state index in [1.807, 2.05) is 0 Å². The van der Waals surface area contributed by atoms with Crippen molar-refractivity contribution in [2.24, 2.45) is 0 Å². The summed E-state index contributed by atoms with van der Waals surface area (Å²) >= 11 is 0. The molecule has 7 heteroatoms. The Labute approximate surface area is 97.0 Å². The third-order valence-corrected chi connectivity index (χ3v) is 2.10. The van der Waals surface area contributed by atoms with E-state index in [0.29, 0.717) is 5.56 Å². The number of carbonyl (C=O) groups excluding carboxylic acids is 1. The third kappa shape index (κ3) is 2.63. The molecule has 0 heterocycles. The Balaban J connectivity index is 3.20. The van der Waals surface area contributed by atoms with Crippen LogP contribution >= 0.6 is 0 Å². The van der Waals surface area contributed by atoms with Crippen LogP contribution in [0.5, 0.6) is 11.5 Å². The first kappa shape index (κ1) is 12.8. The molecule has 0 saturated carbocycles. The molecule has 0 aliphatic rings. The zero-order chi connectivity index (χ0) is 13.0. The number of hydrogen-bond donors (Lipinski definition) is 0. The van der Waals surface area contributed by atoms with Gasteiger partial charge in [-0.05, 0) is 13.0 Å². The average Bonchev–Trinajstić information content (AvgIpc) is 2.30. The fourth-order valence-corrected chi connectivity index (χ4v) is 1.30. The van der Waals surface area contributed by atoms with Crippen molar-refractivity contribution in [1.29, 1.82) is 0 Å². The summed E-state index contributed by atoms with van der Waals surface area (Å²) in [7, 11) is 2.47. The van der Waals surface area contributed by atoms with Crippen LogP contribution in [0.15, 0.2) is 12.1 Å². The van der Waals surface area contributed by atoms with E-state index in [1.165, 1.54) is 26.4 Å². The van der Waals surface area contributed by atoms with Gasteiger partial charge >= 0.3 is 11.8 Å². The smallest absolute Gasteiger partial charge is 0.490 e. The summed E-state index contributed by atoms with van der Waals surface area (Å²) in [5.41, 5.74) is 0.161. The van der Waals surface area contributed by atoms with E-state index in [0.717, 1.165) is 0 Å². The van der Waals surface area contributed by atoms with Crippen LogP contribution in [-0.4, -0.2) is 25.3 Å². The van der Waals surface area contributed by atoms with Gasteiger partial charge in [0.2, 0.25) is 5.75 Å². The largest absolute Gasteiger partial charge is 0.513 e. The predicted molar refractivity (Wildman–Crippen MR) is 57.4 cm³/mol. The highest BCUT2D eigenvalue weighted by Crippen LogP contribution is 2.36. The minimum atomic E-state index is -0.899. The van der Waals surface area contributed by atoms with Crippen molar-refractivity contribution in [2.45, 2.75) is 6.92 Å². The Morgan fingerprint density at radius 3 is 2.47 bits per heavy atom. The van der Waals surface area contributed by atoms with E-state index in [1.54, 1.807) is 6.92 Å². The molecule has 17 heavy (non-hydrogen) atoms. The number of ether oxygens (including phenoxy) is 3. The zero-order valence-corrected chi connectivity index (χ0v) is 9.55. The van der Waals surface area contributed by atoms with Gasteiger partial charge in [0.25, 0.3) is 0 Å². The standard InChI is InChI=1S/C10H11NO6/c1-6-8(17-10(12)16-3)5-4-7(11(13)14)9(6)15-2/h4-5H,1-3H3. The van der Waals surface area contributed by atoms with Crippen molar-refractivity contribution in [3.8, 4) is 11.5 Å². The number of rotatable bonds is 3. The number of nitro groups is 1. The number of methoxy groups -OCH3 is 2. The molecule has 1 aromatic carbocycles. The van der Waals surface area contributed by atoms with Gasteiger partial charge in [-0.15, -0.1) is 0 Å². The molecule has 0 bridgehead atoms. The normalized spacial score (nSPS) is 9.59. The second kappa shape index (κ2) is 5.15. The van der Waals surface area contributed by atoms with Gasteiger partial charge in [0.1, 0.15) is 5.75 Å². The van der Waals surface area contributed by atoms with Crippen LogP contribution < -0.4 is 9.47 Å². The molecular formula is C10H11NO6. The number of nitrogens with zero attached hydrogens (tertiary/aromatic N) is 1. The first-order valence-corrected chi connectivity index (χ1v) is 4.59. The van der Waals surface area contributed by atoms with Gasteiger partial charge < -0.3 is 14.2 Å². The quantitative estimate of drug-likeness (QED) is 0.348. The Morgan fingerprint density at radius 1 is 1.35 bits per heavy atom. The molecule has 1 rings (SSSR count).